The van der Waals surface area contributed by atoms with Crippen LogP contribution in [0, 0.1) is 0 Å². The van der Waals surface area contributed by atoms with Gasteiger partial charge in [0.25, 0.3) is 5.91 Å². The Morgan fingerprint density at radius 2 is 2.29 bits per heavy atom. The molecule has 0 saturated carbocycles. The van der Waals surface area contributed by atoms with Crippen molar-refractivity contribution >= 4 is 34.7 Å². The topological polar surface area (TPSA) is 64.1 Å². The number of nitrogens with zero attached hydrogens (tertiary/aromatic N) is 2. The molecule has 0 fully saturated rings. The molecule has 1 amide bonds. The van der Waals surface area contributed by atoms with Crippen LogP contribution < -0.4 is 10.1 Å². The number of amides is 1. The van der Waals surface area contributed by atoms with Crippen LogP contribution in [0.4, 0.5) is 5.82 Å². The highest BCUT2D eigenvalue weighted by atomic mass is 35.5. The van der Waals surface area contributed by atoms with Crippen molar-refractivity contribution in [3.63, 3.8) is 0 Å². The Bertz CT molecular complexity index is 544. The number of rotatable bonds is 3. The van der Waals surface area contributed by atoms with Crippen molar-refractivity contribution in [1.29, 1.82) is 0 Å². The van der Waals surface area contributed by atoms with Crippen LogP contribution in [0.15, 0.2) is 23.8 Å². The van der Waals surface area contributed by atoms with Crippen molar-refractivity contribution in [2.24, 2.45) is 0 Å². The number of halogens is 1. The number of anilines is 1. The Kier molecular flexibility index (Phi) is 3.55. The summed E-state index contributed by atoms with van der Waals surface area (Å²) < 4.78 is 5.00. The molecule has 0 aliphatic carbocycles. The molecule has 0 atom stereocenters. The molecule has 5 nitrogen and oxygen atoms in total. The third-order valence-electron chi connectivity index (χ3n) is 1.91. The van der Waals surface area contributed by atoms with Crippen LogP contribution in [0.1, 0.15) is 9.67 Å². The van der Waals surface area contributed by atoms with Crippen molar-refractivity contribution in [2.75, 3.05) is 12.4 Å². The van der Waals surface area contributed by atoms with Gasteiger partial charge in [-0.1, -0.05) is 11.6 Å². The van der Waals surface area contributed by atoms with Crippen molar-refractivity contribution < 1.29 is 9.53 Å². The molecule has 2 aromatic rings. The number of nitrogens with one attached hydrogen (secondary N) is 1. The normalized spacial score (nSPS) is 10.0. The smallest absolute Gasteiger partial charge is 0.267 e. The van der Waals surface area contributed by atoms with Gasteiger partial charge in [-0.25, -0.2) is 9.97 Å². The number of aromatic nitrogens is 2. The van der Waals surface area contributed by atoms with E-state index in [0.29, 0.717) is 16.4 Å². The van der Waals surface area contributed by atoms with E-state index in [1.165, 1.54) is 23.7 Å². The van der Waals surface area contributed by atoms with Gasteiger partial charge in [0, 0.05) is 17.5 Å². The Morgan fingerprint density at radius 1 is 1.47 bits per heavy atom. The van der Waals surface area contributed by atoms with Crippen molar-refractivity contribution in [1.82, 2.24) is 9.97 Å². The first-order valence-electron chi connectivity index (χ1n) is 4.60. The summed E-state index contributed by atoms with van der Waals surface area (Å²) in [6, 6.07) is 3.13. The highest BCUT2D eigenvalue weighted by Crippen LogP contribution is 2.22. The first-order valence-corrected chi connectivity index (χ1v) is 5.86. The zero-order chi connectivity index (χ0) is 12.3. The first kappa shape index (κ1) is 11.8. The Morgan fingerprint density at radius 3 is 2.94 bits per heavy atom. The fraction of sp³-hybridized carbons (Fsp3) is 0.100. The van der Waals surface area contributed by atoms with Gasteiger partial charge in [0.1, 0.15) is 23.0 Å². The standard InChI is InChI=1S/C10H8ClN3O2S/c1-16-6-2-7(17-4-6)10(15)14-9-3-8(11)12-5-13-9/h2-5H,1H3,(H,12,13,14,15). The fourth-order valence-corrected chi connectivity index (χ4v) is 2.02. The summed E-state index contributed by atoms with van der Waals surface area (Å²) in [7, 11) is 1.55. The van der Waals surface area contributed by atoms with Crippen LogP contribution in [0.2, 0.25) is 5.15 Å². The van der Waals surface area contributed by atoms with Crippen LogP contribution in [0.25, 0.3) is 0 Å². The second-order valence-electron chi connectivity index (χ2n) is 3.03. The number of carbonyl (C=O) groups is 1. The summed E-state index contributed by atoms with van der Waals surface area (Å²) in [6.07, 6.45) is 1.28. The van der Waals surface area contributed by atoms with Gasteiger partial charge in [-0.15, -0.1) is 11.3 Å². The second-order valence-corrected chi connectivity index (χ2v) is 4.33. The fourth-order valence-electron chi connectivity index (χ4n) is 1.12. The Labute approximate surface area is 106 Å². The van der Waals surface area contributed by atoms with E-state index in [1.807, 2.05) is 0 Å². The van der Waals surface area contributed by atoms with E-state index >= 15 is 0 Å². The van der Waals surface area contributed by atoms with Crippen LogP contribution >= 0.6 is 22.9 Å². The lowest BCUT2D eigenvalue weighted by Crippen LogP contribution is -2.11. The van der Waals surface area contributed by atoms with Gasteiger partial charge in [-0.05, 0) is 0 Å². The zero-order valence-electron chi connectivity index (χ0n) is 8.81. The molecule has 17 heavy (non-hydrogen) atoms. The van der Waals surface area contributed by atoms with Gasteiger partial charge in [0.2, 0.25) is 0 Å². The van der Waals surface area contributed by atoms with Gasteiger partial charge >= 0.3 is 0 Å². The molecule has 2 heterocycles. The molecule has 0 unspecified atom stereocenters. The largest absolute Gasteiger partial charge is 0.496 e. The number of hydrogen-bond donors (Lipinski definition) is 1. The SMILES string of the molecule is COc1csc(C(=O)Nc2cc(Cl)ncn2)c1. The molecule has 0 bridgehead atoms. The predicted molar refractivity (Wildman–Crippen MR) is 65.9 cm³/mol. The van der Waals surface area contributed by atoms with Gasteiger partial charge in [-0.2, -0.15) is 0 Å². The molecule has 7 heteroatoms. The maximum Gasteiger partial charge on any atom is 0.267 e. The minimum atomic E-state index is -0.256. The molecule has 1 N–H and O–H groups in total. The summed E-state index contributed by atoms with van der Waals surface area (Å²) in [5, 5.41) is 4.65. The molecule has 0 aliphatic heterocycles. The monoisotopic (exact) mass is 269 g/mol. The summed E-state index contributed by atoms with van der Waals surface area (Å²) in [4.78, 5) is 19.9. The number of ether oxygens (including phenoxy) is 1. The van der Waals surface area contributed by atoms with E-state index in [4.69, 9.17) is 16.3 Å². The quantitative estimate of drug-likeness (QED) is 0.870. The van der Waals surface area contributed by atoms with Crippen LogP contribution in [-0.4, -0.2) is 23.0 Å². The molecule has 0 aliphatic rings. The van der Waals surface area contributed by atoms with Crippen molar-refractivity contribution in [2.45, 2.75) is 0 Å². The van der Waals surface area contributed by atoms with E-state index in [1.54, 1.807) is 18.6 Å². The summed E-state index contributed by atoms with van der Waals surface area (Å²) >= 11 is 6.97. The first-order chi connectivity index (χ1) is 8.19. The van der Waals surface area contributed by atoms with E-state index in [2.05, 4.69) is 15.3 Å². The average Bonchev–Trinajstić information content (AvgIpc) is 2.77. The lowest BCUT2D eigenvalue weighted by Gasteiger charge is -2.01. The Hall–Kier alpha value is -1.66. The lowest BCUT2D eigenvalue weighted by atomic mass is 10.4. The third kappa shape index (κ3) is 2.92. The number of carbonyl (C=O) groups excluding carboxylic acids is 1. The maximum absolute atomic E-state index is 11.8. The maximum atomic E-state index is 11.8. The molecule has 88 valence electrons. The lowest BCUT2D eigenvalue weighted by molar-refractivity contribution is 0.103. The minimum Gasteiger partial charge on any atom is -0.496 e. The predicted octanol–water partition coefficient (Wildman–Crippen LogP) is 2.45. The molecule has 0 saturated heterocycles. The van der Waals surface area contributed by atoms with E-state index in [0.717, 1.165) is 0 Å². The summed E-state index contributed by atoms with van der Waals surface area (Å²) in [6.45, 7) is 0. The molecular formula is C10H8ClN3O2S. The van der Waals surface area contributed by atoms with Crippen molar-refractivity contribution in [3.8, 4) is 5.75 Å². The molecule has 2 aromatic heterocycles. The van der Waals surface area contributed by atoms with E-state index < -0.39 is 0 Å². The number of methoxy groups -OCH3 is 1. The Balaban J connectivity index is 2.11. The molecular weight excluding hydrogens is 262 g/mol. The van der Waals surface area contributed by atoms with Gasteiger partial charge in [-0.3, -0.25) is 4.79 Å². The van der Waals surface area contributed by atoms with Gasteiger partial charge in [0.05, 0.1) is 12.0 Å². The number of thiophene rings is 1. The highest BCUT2D eigenvalue weighted by molar-refractivity contribution is 7.12. The average molecular weight is 270 g/mol. The molecule has 0 spiro atoms. The van der Waals surface area contributed by atoms with Crippen LogP contribution in [0.5, 0.6) is 5.75 Å². The molecule has 2 rings (SSSR count). The van der Waals surface area contributed by atoms with Gasteiger partial charge in [0.15, 0.2) is 0 Å². The van der Waals surface area contributed by atoms with Crippen LogP contribution in [0.3, 0.4) is 0 Å². The van der Waals surface area contributed by atoms with Crippen molar-refractivity contribution in [3.05, 3.63) is 33.9 Å². The molecule has 0 radical (unpaired) electrons. The summed E-state index contributed by atoms with van der Waals surface area (Å²) in [5.41, 5.74) is 0. The number of hydrogen-bond acceptors (Lipinski definition) is 5. The van der Waals surface area contributed by atoms with E-state index in [-0.39, 0.29) is 11.1 Å². The van der Waals surface area contributed by atoms with Gasteiger partial charge < -0.3 is 10.1 Å². The van der Waals surface area contributed by atoms with Crippen LogP contribution in [-0.2, 0) is 0 Å². The minimum absolute atomic E-state index is 0.256. The second kappa shape index (κ2) is 5.11. The highest BCUT2D eigenvalue weighted by Gasteiger charge is 2.10. The third-order valence-corrected chi connectivity index (χ3v) is 3.02. The summed E-state index contributed by atoms with van der Waals surface area (Å²) in [5.74, 6) is 0.760. The zero-order valence-corrected chi connectivity index (χ0v) is 10.4. The van der Waals surface area contributed by atoms with E-state index in [9.17, 15) is 4.79 Å². The molecule has 0 aromatic carbocycles.